The molecular weight excluding hydrogens is 238 g/mol. The van der Waals surface area contributed by atoms with Crippen LogP contribution in [0.4, 0.5) is 0 Å². The Bertz CT molecular complexity index is 497. The molecule has 1 aliphatic heterocycles. The van der Waals surface area contributed by atoms with Gasteiger partial charge in [0.1, 0.15) is 5.54 Å². The van der Waals surface area contributed by atoms with Gasteiger partial charge in [-0.3, -0.25) is 9.69 Å². The van der Waals surface area contributed by atoms with Gasteiger partial charge in [0.15, 0.2) is 5.96 Å². The Labute approximate surface area is 114 Å². The second kappa shape index (κ2) is 5.03. The van der Waals surface area contributed by atoms with E-state index >= 15 is 0 Å². The van der Waals surface area contributed by atoms with Gasteiger partial charge in [-0.25, -0.2) is 4.99 Å². The highest BCUT2D eigenvalue weighted by Crippen LogP contribution is 2.32. The lowest BCUT2D eigenvalue weighted by molar-refractivity contribution is -0.132. The number of carbonyl (C=O) groups is 1. The van der Waals surface area contributed by atoms with Gasteiger partial charge >= 0.3 is 0 Å². The third kappa shape index (κ3) is 2.35. The first-order valence-electron chi connectivity index (χ1n) is 6.73. The Hall–Kier alpha value is -1.84. The molecule has 2 N–H and O–H groups in total. The fraction of sp³-hybridized carbons (Fsp3) is 0.467. The van der Waals surface area contributed by atoms with E-state index < -0.39 is 5.54 Å². The standard InChI is InChI=1S/C15H21N3O/c1-4-10-15(3)13(19)18(14(16)17-15)11(2)12-8-6-5-7-9-12/h5-9,11H,4,10H2,1-3H3,(H2,16,17). The topological polar surface area (TPSA) is 58.7 Å². The van der Waals surface area contributed by atoms with Crippen LogP contribution in [0.15, 0.2) is 35.3 Å². The summed E-state index contributed by atoms with van der Waals surface area (Å²) in [5.74, 6) is 0.334. The molecule has 0 aromatic heterocycles. The molecule has 0 saturated carbocycles. The minimum Gasteiger partial charge on any atom is -0.369 e. The van der Waals surface area contributed by atoms with Crippen LogP contribution in [0.5, 0.6) is 0 Å². The Morgan fingerprint density at radius 1 is 1.37 bits per heavy atom. The molecule has 0 saturated heterocycles. The van der Waals surface area contributed by atoms with Crippen LogP contribution in [0, 0.1) is 0 Å². The SMILES string of the molecule is CCCC1(C)N=C(N)N(C(C)c2ccccc2)C1=O. The normalized spacial score (nSPS) is 24.5. The second-order valence-electron chi connectivity index (χ2n) is 5.26. The first-order valence-corrected chi connectivity index (χ1v) is 6.73. The summed E-state index contributed by atoms with van der Waals surface area (Å²) in [7, 11) is 0. The van der Waals surface area contributed by atoms with Crippen molar-refractivity contribution in [3.63, 3.8) is 0 Å². The lowest BCUT2D eigenvalue weighted by Gasteiger charge is -2.27. The molecule has 2 atom stereocenters. The molecule has 0 bridgehead atoms. The quantitative estimate of drug-likeness (QED) is 0.903. The van der Waals surface area contributed by atoms with E-state index in [1.165, 1.54) is 0 Å². The number of nitrogens with zero attached hydrogens (tertiary/aromatic N) is 2. The van der Waals surface area contributed by atoms with E-state index in [1.807, 2.05) is 51.1 Å². The van der Waals surface area contributed by atoms with E-state index in [2.05, 4.69) is 4.99 Å². The minimum absolute atomic E-state index is 0.00297. The van der Waals surface area contributed by atoms with Crippen LogP contribution in [0.25, 0.3) is 0 Å². The summed E-state index contributed by atoms with van der Waals surface area (Å²) in [6.45, 7) is 5.89. The van der Waals surface area contributed by atoms with E-state index in [9.17, 15) is 4.79 Å². The highest BCUT2D eigenvalue weighted by atomic mass is 16.2. The summed E-state index contributed by atoms with van der Waals surface area (Å²) in [4.78, 5) is 18.6. The summed E-state index contributed by atoms with van der Waals surface area (Å²) >= 11 is 0. The number of hydrogen-bond acceptors (Lipinski definition) is 3. The van der Waals surface area contributed by atoms with Crippen LogP contribution < -0.4 is 5.73 Å². The van der Waals surface area contributed by atoms with Crippen LogP contribution in [0.2, 0.25) is 0 Å². The molecule has 1 aliphatic rings. The van der Waals surface area contributed by atoms with Crippen molar-refractivity contribution in [3.8, 4) is 0 Å². The molecule has 1 heterocycles. The average molecular weight is 259 g/mol. The molecule has 1 amide bonds. The number of guanidine groups is 1. The Kier molecular flexibility index (Phi) is 3.60. The van der Waals surface area contributed by atoms with E-state index in [0.717, 1.165) is 18.4 Å². The van der Waals surface area contributed by atoms with Crippen LogP contribution in [-0.2, 0) is 4.79 Å². The van der Waals surface area contributed by atoms with Gasteiger partial charge in [-0.15, -0.1) is 0 Å². The maximum atomic E-state index is 12.6. The summed E-state index contributed by atoms with van der Waals surface area (Å²) in [5.41, 5.74) is 6.34. The van der Waals surface area contributed by atoms with Gasteiger partial charge < -0.3 is 5.73 Å². The van der Waals surface area contributed by atoms with Crippen molar-refractivity contribution in [2.24, 2.45) is 10.7 Å². The molecule has 19 heavy (non-hydrogen) atoms. The number of hydrogen-bond donors (Lipinski definition) is 1. The van der Waals surface area contributed by atoms with Crippen molar-refractivity contribution in [2.45, 2.75) is 45.2 Å². The van der Waals surface area contributed by atoms with Crippen LogP contribution in [0.3, 0.4) is 0 Å². The van der Waals surface area contributed by atoms with Crippen molar-refractivity contribution in [3.05, 3.63) is 35.9 Å². The predicted molar refractivity (Wildman–Crippen MR) is 76.6 cm³/mol. The number of rotatable bonds is 4. The predicted octanol–water partition coefficient (Wildman–Crippen LogP) is 2.46. The van der Waals surface area contributed by atoms with Crippen molar-refractivity contribution >= 4 is 11.9 Å². The summed E-state index contributed by atoms with van der Waals surface area (Å²) < 4.78 is 0. The Balaban J connectivity index is 2.28. The summed E-state index contributed by atoms with van der Waals surface area (Å²) in [5, 5.41) is 0. The van der Waals surface area contributed by atoms with Crippen molar-refractivity contribution in [1.82, 2.24) is 4.90 Å². The van der Waals surface area contributed by atoms with Crippen LogP contribution >= 0.6 is 0 Å². The van der Waals surface area contributed by atoms with E-state index in [-0.39, 0.29) is 11.9 Å². The van der Waals surface area contributed by atoms with Crippen molar-refractivity contribution < 1.29 is 4.79 Å². The molecule has 0 spiro atoms. The molecule has 1 aromatic carbocycles. The third-order valence-electron chi connectivity index (χ3n) is 3.69. The molecule has 2 rings (SSSR count). The largest absolute Gasteiger partial charge is 0.369 e. The number of amides is 1. The van der Waals surface area contributed by atoms with Crippen LogP contribution in [-0.4, -0.2) is 22.3 Å². The first-order chi connectivity index (χ1) is 8.99. The molecule has 4 nitrogen and oxygen atoms in total. The number of carbonyl (C=O) groups excluding carboxylic acids is 1. The average Bonchev–Trinajstić information content (AvgIpc) is 2.61. The van der Waals surface area contributed by atoms with E-state index in [0.29, 0.717) is 5.96 Å². The Morgan fingerprint density at radius 3 is 2.58 bits per heavy atom. The van der Waals surface area contributed by atoms with Gasteiger partial charge in [0.25, 0.3) is 5.91 Å². The van der Waals surface area contributed by atoms with Gasteiger partial charge in [-0.05, 0) is 25.8 Å². The smallest absolute Gasteiger partial charge is 0.257 e. The maximum Gasteiger partial charge on any atom is 0.257 e. The molecule has 4 heteroatoms. The maximum absolute atomic E-state index is 12.6. The highest BCUT2D eigenvalue weighted by Gasteiger charge is 2.45. The summed E-state index contributed by atoms with van der Waals surface area (Å²) in [6, 6.07) is 9.80. The van der Waals surface area contributed by atoms with Crippen LogP contribution in [0.1, 0.15) is 45.2 Å². The number of nitrogens with two attached hydrogens (primary N) is 1. The highest BCUT2D eigenvalue weighted by molar-refractivity contribution is 6.06. The molecule has 0 radical (unpaired) electrons. The zero-order valence-corrected chi connectivity index (χ0v) is 11.8. The van der Waals surface area contributed by atoms with Crippen molar-refractivity contribution in [1.29, 1.82) is 0 Å². The zero-order valence-electron chi connectivity index (χ0n) is 11.8. The molecular formula is C15H21N3O. The van der Waals surface area contributed by atoms with Gasteiger partial charge in [0.2, 0.25) is 0 Å². The summed E-state index contributed by atoms with van der Waals surface area (Å²) in [6.07, 6.45) is 1.64. The lowest BCUT2D eigenvalue weighted by Crippen LogP contribution is -2.44. The van der Waals surface area contributed by atoms with Gasteiger partial charge in [0.05, 0.1) is 6.04 Å². The van der Waals surface area contributed by atoms with Crippen molar-refractivity contribution in [2.75, 3.05) is 0 Å². The fourth-order valence-electron chi connectivity index (χ4n) is 2.62. The molecule has 102 valence electrons. The lowest BCUT2D eigenvalue weighted by atomic mass is 9.95. The number of aliphatic imine (C=N–C) groups is 1. The third-order valence-corrected chi connectivity index (χ3v) is 3.69. The zero-order chi connectivity index (χ0) is 14.0. The molecule has 2 unspecified atom stereocenters. The van der Waals surface area contributed by atoms with Gasteiger partial charge in [-0.2, -0.15) is 0 Å². The number of benzene rings is 1. The van der Waals surface area contributed by atoms with E-state index in [1.54, 1.807) is 4.90 Å². The Morgan fingerprint density at radius 2 is 2.00 bits per heavy atom. The fourth-order valence-corrected chi connectivity index (χ4v) is 2.62. The van der Waals surface area contributed by atoms with Gasteiger partial charge in [0, 0.05) is 0 Å². The molecule has 0 fully saturated rings. The minimum atomic E-state index is -0.693. The molecule has 0 aliphatic carbocycles. The monoisotopic (exact) mass is 259 g/mol. The second-order valence-corrected chi connectivity index (χ2v) is 5.26. The van der Waals surface area contributed by atoms with E-state index in [4.69, 9.17) is 5.73 Å². The van der Waals surface area contributed by atoms with Gasteiger partial charge in [-0.1, -0.05) is 43.7 Å². The first kappa shape index (κ1) is 13.6. The molecule has 1 aromatic rings.